The van der Waals surface area contributed by atoms with Gasteiger partial charge in [-0.1, -0.05) is 35.5 Å². The van der Waals surface area contributed by atoms with Gasteiger partial charge in [-0.05, 0) is 23.8 Å². The maximum absolute atomic E-state index is 5.40. The van der Waals surface area contributed by atoms with Gasteiger partial charge < -0.3 is 14.2 Å². The Morgan fingerprint density at radius 2 is 2.04 bits per heavy atom. The zero-order valence-corrected chi connectivity index (χ0v) is 12.6. The lowest BCUT2D eigenvalue weighted by Gasteiger charge is -1.99. The highest BCUT2D eigenvalue weighted by molar-refractivity contribution is 5.83. The first-order valence-electron chi connectivity index (χ1n) is 7.35. The smallest absolute Gasteiger partial charge is 0.231 e. The van der Waals surface area contributed by atoms with Gasteiger partial charge in [-0.25, -0.2) is 0 Å². The molecule has 2 aromatic heterocycles. The fourth-order valence-corrected chi connectivity index (χ4v) is 2.65. The standard InChI is InChI=1S/C18H15N3O2/c1-22-14-6-4-5-12(9-14)18-20-17(23-21-18)10-13-11-19-16-8-3-2-7-15(13)16/h2-9,11,19H,10H2,1H3. The van der Waals surface area contributed by atoms with Crippen molar-refractivity contribution in [3.05, 3.63) is 66.2 Å². The molecule has 0 radical (unpaired) electrons. The summed E-state index contributed by atoms with van der Waals surface area (Å²) in [6, 6.07) is 15.8. The highest BCUT2D eigenvalue weighted by Gasteiger charge is 2.12. The van der Waals surface area contributed by atoms with Gasteiger partial charge in [0.15, 0.2) is 0 Å². The maximum atomic E-state index is 5.40. The van der Waals surface area contributed by atoms with E-state index >= 15 is 0 Å². The predicted octanol–water partition coefficient (Wildman–Crippen LogP) is 3.82. The van der Waals surface area contributed by atoms with Crippen molar-refractivity contribution in [1.82, 2.24) is 15.1 Å². The number of nitrogens with one attached hydrogen (secondary N) is 1. The van der Waals surface area contributed by atoms with Gasteiger partial charge in [0.2, 0.25) is 11.7 Å². The summed E-state index contributed by atoms with van der Waals surface area (Å²) in [6.45, 7) is 0. The molecule has 0 aliphatic carbocycles. The summed E-state index contributed by atoms with van der Waals surface area (Å²) in [4.78, 5) is 7.75. The van der Waals surface area contributed by atoms with Crippen LogP contribution in [0.25, 0.3) is 22.3 Å². The third-order valence-electron chi connectivity index (χ3n) is 3.81. The molecule has 0 fully saturated rings. The Kier molecular flexibility index (Phi) is 3.31. The highest BCUT2D eigenvalue weighted by Crippen LogP contribution is 2.23. The zero-order valence-electron chi connectivity index (χ0n) is 12.6. The predicted molar refractivity (Wildman–Crippen MR) is 87.4 cm³/mol. The fraction of sp³-hybridized carbons (Fsp3) is 0.111. The molecule has 0 aliphatic heterocycles. The largest absolute Gasteiger partial charge is 0.497 e. The molecule has 0 bridgehead atoms. The quantitative estimate of drug-likeness (QED) is 0.622. The zero-order chi connectivity index (χ0) is 15.6. The van der Waals surface area contributed by atoms with Gasteiger partial charge in [-0.15, -0.1) is 0 Å². The fourth-order valence-electron chi connectivity index (χ4n) is 2.65. The number of H-pyrrole nitrogens is 1. The van der Waals surface area contributed by atoms with E-state index < -0.39 is 0 Å². The van der Waals surface area contributed by atoms with Crippen molar-refractivity contribution in [3.63, 3.8) is 0 Å². The highest BCUT2D eigenvalue weighted by atomic mass is 16.5. The van der Waals surface area contributed by atoms with Gasteiger partial charge in [-0.2, -0.15) is 4.98 Å². The molecular weight excluding hydrogens is 290 g/mol. The molecule has 4 aromatic rings. The van der Waals surface area contributed by atoms with Crippen LogP contribution in [-0.4, -0.2) is 22.2 Å². The van der Waals surface area contributed by atoms with E-state index in [0.717, 1.165) is 22.4 Å². The topological polar surface area (TPSA) is 63.9 Å². The number of rotatable bonds is 4. The van der Waals surface area contributed by atoms with Gasteiger partial charge in [0.1, 0.15) is 5.75 Å². The molecule has 0 saturated heterocycles. The lowest BCUT2D eigenvalue weighted by atomic mass is 10.1. The second-order valence-electron chi connectivity index (χ2n) is 5.28. The molecule has 4 rings (SSSR count). The molecule has 0 aliphatic rings. The Hall–Kier alpha value is -3.08. The summed E-state index contributed by atoms with van der Waals surface area (Å²) in [5, 5.41) is 5.25. The van der Waals surface area contributed by atoms with Crippen molar-refractivity contribution >= 4 is 10.9 Å². The second kappa shape index (κ2) is 5.61. The van der Waals surface area contributed by atoms with Crippen LogP contribution < -0.4 is 4.74 Å². The van der Waals surface area contributed by atoms with E-state index in [1.54, 1.807) is 7.11 Å². The number of aromatic amines is 1. The Labute approximate surface area is 132 Å². The summed E-state index contributed by atoms with van der Waals surface area (Å²) < 4.78 is 10.6. The van der Waals surface area contributed by atoms with E-state index in [0.29, 0.717) is 18.1 Å². The van der Waals surface area contributed by atoms with Crippen LogP contribution in [0.3, 0.4) is 0 Å². The Morgan fingerprint density at radius 1 is 1.13 bits per heavy atom. The molecule has 2 aromatic carbocycles. The molecular formula is C18H15N3O2. The molecule has 23 heavy (non-hydrogen) atoms. The van der Waals surface area contributed by atoms with E-state index in [4.69, 9.17) is 9.26 Å². The minimum absolute atomic E-state index is 0.568. The number of ether oxygens (including phenoxy) is 1. The third-order valence-corrected chi connectivity index (χ3v) is 3.81. The van der Waals surface area contributed by atoms with Crippen LogP contribution in [0.2, 0.25) is 0 Å². The van der Waals surface area contributed by atoms with Crippen LogP contribution in [0.15, 0.2) is 59.3 Å². The minimum atomic E-state index is 0.568. The second-order valence-corrected chi connectivity index (χ2v) is 5.28. The Bertz CT molecular complexity index is 955. The third kappa shape index (κ3) is 2.57. The number of hydrogen-bond acceptors (Lipinski definition) is 4. The molecule has 0 atom stereocenters. The Balaban J connectivity index is 1.63. The monoisotopic (exact) mass is 305 g/mol. The molecule has 5 heteroatoms. The van der Waals surface area contributed by atoms with Gasteiger partial charge in [-0.3, -0.25) is 0 Å². The van der Waals surface area contributed by atoms with Crippen molar-refractivity contribution in [1.29, 1.82) is 0 Å². The lowest BCUT2D eigenvalue weighted by Crippen LogP contribution is -1.88. The first-order chi connectivity index (χ1) is 11.3. The molecule has 1 N–H and O–H groups in total. The SMILES string of the molecule is COc1cccc(-c2noc(Cc3c[nH]c4ccccc34)n2)c1. The molecule has 5 nitrogen and oxygen atoms in total. The summed E-state index contributed by atoms with van der Waals surface area (Å²) in [7, 11) is 1.64. The molecule has 0 saturated carbocycles. The number of methoxy groups -OCH3 is 1. The van der Waals surface area contributed by atoms with Crippen molar-refractivity contribution in [3.8, 4) is 17.1 Å². The Morgan fingerprint density at radius 3 is 2.96 bits per heavy atom. The molecule has 2 heterocycles. The normalized spacial score (nSPS) is 11.0. The van der Waals surface area contributed by atoms with E-state index in [1.807, 2.05) is 48.7 Å². The molecule has 0 unspecified atom stereocenters. The lowest BCUT2D eigenvalue weighted by molar-refractivity contribution is 0.386. The summed E-state index contributed by atoms with van der Waals surface area (Å²) in [6.07, 6.45) is 2.58. The van der Waals surface area contributed by atoms with Crippen LogP contribution in [-0.2, 0) is 6.42 Å². The average molecular weight is 305 g/mol. The van der Waals surface area contributed by atoms with Gasteiger partial charge in [0.25, 0.3) is 0 Å². The first-order valence-corrected chi connectivity index (χ1v) is 7.35. The van der Waals surface area contributed by atoms with Crippen molar-refractivity contribution in [2.24, 2.45) is 0 Å². The molecule has 0 amide bonds. The maximum Gasteiger partial charge on any atom is 0.231 e. The summed E-state index contributed by atoms with van der Waals surface area (Å²) >= 11 is 0. The van der Waals surface area contributed by atoms with Crippen LogP contribution in [0.5, 0.6) is 5.75 Å². The van der Waals surface area contributed by atoms with Crippen LogP contribution >= 0.6 is 0 Å². The number of aromatic nitrogens is 3. The van der Waals surface area contributed by atoms with E-state index in [9.17, 15) is 0 Å². The van der Waals surface area contributed by atoms with E-state index in [-0.39, 0.29) is 0 Å². The van der Waals surface area contributed by atoms with E-state index in [1.165, 1.54) is 5.39 Å². The van der Waals surface area contributed by atoms with Crippen LogP contribution in [0.4, 0.5) is 0 Å². The van der Waals surface area contributed by atoms with E-state index in [2.05, 4.69) is 21.2 Å². The number of hydrogen-bond donors (Lipinski definition) is 1. The van der Waals surface area contributed by atoms with Gasteiger partial charge in [0.05, 0.1) is 13.5 Å². The van der Waals surface area contributed by atoms with Crippen molar-refractivity contribution < 1.29 is 9.26 Å². The summed E-state index contributed by atoms with van der Waals surface area (Å²) in [5.74, 6) is 1.93. The number of nitrogens with zero attached hydrogens (tertiary/aromatic N) is 2. The average Bonchev–Trinajstić information content (AvgIpc) is 3.23. The number of para-hydroxylation sites is 1. The molecule has 114 valence electrons. The number of fused-ring (bicyclic) bond motifs is 1. The van der Waals surface area contributed by atoms with Crippen LogP contribution in [0.1, 0.15) is 11.5 Å². The van der Waals surface area contributed by atoms with Crippen molar-refractivity contribution in [2.45, 2.75) is 6.42 Å². The van der Waals surface area contributed by atoms with Crippen molar-refractivity contribution in [2.75, 3.05) is 7.11 Å². The summed E-state index contributed by atoms with van der Waals surface area (Å²) in [5.41, 5.74) is 3.12. The molecule has 0 spiro atoms. The number of benzene rings is 2. The minimum Gasteiger partial charge on any atom is -0.497 e. The first kappa shape index (κ1) is 13.6. The van der Waals surface area contributed by atoms with Crippen LogP contribution in [0, 0.1) is 0 Å². The van der Waals surface area contributed by atoms with Gasteiger partial charge >= 0.3 is 0 Å². The van der Waals surface area contributed by atoms with Gasteiger partial charge in [0, 0.05) is 22.7 Å².